The van der Waals surface area contributed by atoms with Gasteiger partial charge in [0.1, 0.15) is 12.4 Å². The fourth-order valence-electron chi connectivity index (χ4n) is 1.71. The summed E-state index contributed by atoms with van der Waals surface area (Å²) in [6.45, 7) is 2.16. The van der Waals surface area contributed by atoms with Crippen molar-refractivity contribution in [2.75, 3.05) is 12.4 Å². The van der Waals surface area contributed by atoms with Gasteiger partial charge in [-0.2, -0.15) is 0 Å². The summed E-state index contributed by atoms with van der Waals surface area (Å²) >= 11 is 0. The van der Waals surface area contributed by atoms with Crippen molar-refractivity contribution in [2.45, 2.75) is 18.2 Å². The molecule has 1 aliphatic rings. The van der Waals surface area contributed by atoms with Gasteiger partial charge in [-0.05, 0) is 25.1 Å². The fraction of sp³-hybridized carbons (Fsp3) is 0.364. The van der Waals surface area contributed by atoms with E-state index in [0.717, 1.165) is 6.07 Å². The largest absolute Gasteiger partial charge is 0.396 e. The highest BCUT2D eigenvalue weighted by atomic mass is 32.2. The van der Waals surface area contributed by atoms with Gasteiger partial charge in [0.25, 0.3) is 0 Å². The summed E-state index contributed by atoms with van der Waals surface area (Å²) in [6, 6.07) is 3.60. The van der Waals surface area contributed by atoms with Crippen LogP contribution < -0.4 is 0 Å². The number of fused-ring (bicyclic) bond motifs is 1. The molecular formula is C11H12FNO3S. The van der Waals surface area contributed by atoms with Crippen molar-refractivity contribution >= 4 is 15.5 Å². The standard InChI is InChI=1S/C11H12FNO3S/c1-2-16-13-10-5-6-17(14,15)11-4-3-8(12)7-9(10)11/h3-4,7H,2,5-6H2,1H3/b13-10-. The third-order valence-electron chi connectivity index (χ3n) is 2.50. The minimum atomic E-state index is -3.32. The van der Waals surface area contributed by atoms with E-state index in [1.807, 2.05) is 0 Å². The first kappa shape index (κ1) is 12.0. The van der Waals surface area contributed by atoms with Gasteiger partial charge in [-0.1, -0.05) is 5.16 Å². The fourth-order valence-corrected chi connectivity index (χ4v) is 3.18. The average molecular weight is 257 g/mol. The highest BCUT2D eigenvalue weighted by Gasteiger charge is 2.28. The molecule has 92 valence electrons. The van der Waals surface area contributed by atoms with E-state index in [9.17, 15) is 12.8 Å². The van der Waals surface area contributed by atoms with Crippen molar-refractivity contribution in [3.63, 3.8) is 0 Å². The Hall–Kier alpha value is -1.43. The summed E-state index contributed by atoms with van der Waals surface area (Å²) in [5.74, 6) is -0.498. The average Bonchev–Trinajstić information content (AvgIpc) is 2.28. The van der Waals surface area contributed by atoms with Crippen molar-refractivity contribution in [3.8, 4) is 0 Å². The second-order valence-electron chi connectivity index (χ2n) is 3.67. The van der Waals surface area contributed by atoms with Crippen molar-refractivity contribution in [1.82, 2.24) is 0 Å². The van der Waals surface area contributed by atoms with Gasteiger partial charge in [0.15, 0.2) is 9.84 Å². The van der Waals surface area contributed by atoms with Crippen LogP contribution in [0, 0.1) is 5.82 Å². The Kier molecular flexibility index (Phi) is 3.15. The zero-order valence-corrected chi connectivity index (χ0v) is 10.1. The van der Waals surface area contributed by atoms with Gasteiger partial charge in [-0.3, -0.25) is 0 Å². The number of hydrogen-bond acceptors (Lipinski definition) is 4. The number of benzene rings is 1. The predicted molar refractivity (Wildman–Crippen MR) is 61.2 cm³/mol. The number of sulfone groups is 1. The van der Waals surface area contributed by atoms with Gasteiger partial charge in [-0.15, -0.1) is 0 Å². The minimum Gasteiger partial charge on any atom is -0.396 e. The molecule has 1 aromatic rings. The van der Waals surface area contributed by atoms with Crippen LogP contribution in [-0.4, -0.2) is 26.5 Å². The molecule has 4 nitrogen and oxygen atoms in total. The van der Waals surface area contributed by atoms with Crippen LogP contribution >= 0.6 is 0 Å². The molecule has 0 aromatic heterocycles. The molecule has 2 rings (SSSR count). The Morgan fingerprint density at radius 1 is 1.47 bits per heavy atom. The Balaban J connectivity index is 2.57. The number of rotatable bonds is 2. The molecule has 1 heterocycles. The summed E-state index contributed by atoms with van der Waals surface area (Å²) in [5.41, 5.74) is 0.792. The Bertz CT molecular complexity index is 566. The maximum atomic E-state index is 13.2. The topological polar surface area (TPSA) is 55.7 Å². The SMILES string of the molecule is CCO/N=C1/CCS(=O)(=O)c2ccc(F)cc21. The molecule has 1 aromatic carbocycles. The summed E-state index contributed by atoms with van der Waals surface area (Å²) in [4.78, 5) is 5.04. The van der Waals surface area contributed by atoms with Crippen LogP contribution in [0.3, 0.4) is 0 Å². The predicted octanol–water partition coefficient (Wildman–Crippen LogP) is 1.74. The van der Waals surface area contributed by atoms with Gasteiger partial charge in [-0.25, -0.2) is 12.8 Å². The van der Waals surface area contributed by atoms with E-state index in [-0.39, 0.29) is 17.1 Å². The molecule has 1 aliphatic heterocycles. The van der Waals surface area contributed by atoms with E-state index in [1.54, 1.807) is 6.92 Å². The molecule has 0 spiro atoms. The van der Waals surface area contributed by atoms with Gasteiger partial charge < -0.3 is 4.84 Å². The van der Waals surface area contributed by atoms with Crippen molar-refractivity contribution in [2.24, 2.45) is 5.16 Å². The molecule has 0 fully saturated rings. The Morgan fingerprint density at radius 3 is 2.94 bits per heavy atom. The van der Waals surface area contributed by atoms with E-state index in [4.69, 9.17) is 4.84 Å². The molecule has 0 radical (unpaired) electrons. The van der Waals surface area contributed by atoms with Crippen LogP contribution in [0.2, 0.25) is 0 Å². The van der Waals surface area contributed by atoms with Crippen molar-refractivity contribution in [3.05, 3.63) is 29.6 Å². The van der Waals surface area contributed by atoms with Gasteiger partial charge in [0.2, 0.25) is 0 Å². The molecule has 17 heavy (non-hydrogen) atoms. The summed E-state index contributed by atoms with van der Waals surface area (Å²) in [5, 5.41) is 3.84. The highest BCUT2D eigenvalue weighted by Crippen LogP contribution is 2.26. The molecular weight excluding hydrogens is 245 g/mol. The van der Waals surface area contributed by atoms with Crippen molar-refractivity contribution < 1.29 is 17.6 Å². The summed E-state index contributed by atoms with van der Waals surface area (Å²) in [7, 11) is -3.32. The van der Waals surface area contributed by atoms with Crippen molar-refractivity contribution in [1.29, 1.82) is 0 Å². The first-order valence-electron chi connectivity index (χ1n) is 5.26. The van der Waals surface area contributed by atoms with Crippen LogP contribution in [0.15, 0.2) is 28.3 Å². The number of nitrogens with zero attached hydrogens (tertiary/aromatic N) is 1. The van der Waals surface area contributed by atoms with Crippen LogP contribution in [0.4, 0.5) is 4.39 Å². The smallest absolute Gasteiger partial charge is 0.179 e. The molecule has 0 saturated heterocycles. The Labute approximate surface area is 99.0 Å². The third kappa shape index (κ3) is 2.31. The molecule has 6 heteroatoms. The highest BCUT2D eigenvalue weighted by molar-refractivity contribution is 7.91. The van der Waals surface area contributed by atoms with Crippen LogP contribution in [-0.2, 0) is 14.7 Å². The molecule has 0 atom stereocenters. The summed E-state index contributed by atoms with van der Waals surface area (Å²) < 4.78 is 36.7. The Morgan fingerprint density at radius 2 is 2.24 bits per heavy atom. The van der Waals surface area contributed by atoms with Gasteiger partial charge >= 0.3 is 0 Å². The normalized spacial score (nSPS) is 20.0. The monoisotopic (exact) mass is 257 g/mol. The van der Waals surface area contributed by atoms with Crippen LogP contribution in [0.5, 0.6) is 0 Å². The van der Waals surface area contributed by atoms with E-state index in [0.29, 0.717) is 17.9 Å². The first-order valence-corrected chi connectivity index (χ1v) is 6.91. The molecule has 0 saturated carbocycles. The quantitative estimate of drug-likeness (QED) is 0.599. The van der Waals surface area contributed by atoms with Gasteiger partial charge in [0, 0.05) is 12.0 Å². The molecule has 0 amide bonds. The lowest BCUT2D eigenvalue weighted by Gasteiger charge is -2.17. The van der Waals surface area contributed by atoms with Crippen LogP contribution in [0.1, 0.15) is 18.9 Å². The number of hydrogen-bond donors (Lipinski definition) is 0. The zero-order chi connectivity index (χ0) is 12.5. The van der Waals surface area contributed by atoms with Crippen LogP contribution in [0.25, 0.3) is 0 Å². The first-order chi connectivity index (χ1) is 8.04. The van der Waals surface area contributed by atoms with E-state index >= 15 is 0 Å². The molecule has 0 bridgehead atoms. The second-order valence-corrected chi connectivity index (χ2v) is 5.74. The number of oxime groups is 1. The van der Waals surface area contributed by atoms with Gasteiger partial charge in [0.05, 0.1) is 16.4 Å². The maximum absolute atomic E-state index is 13.2. The molecule has 0 N–H and O–H groups in total. The maximum Gasteiger partial charge on any atom is 0.179 e. The second kappa shape index (κ2) is 4.44. The zero-order valence-electron chi connectivity index (χ0n) is 9.31. The lowest BCUT2D eigenvalue weighted by atomic mass is 10.1. The lowest BCUT2D eigenvalue weighted by molar-refractivity contribution is 0.158. The van der Waals surface area contributed by atoms with E-state index < -0.39 is 15.7 Å². The third-order valence-corrected chi connectivity index (χ3v) is 4.27. The molecule has 0 unspecified atom stereocenters. The number of halogens is 1. The van der Waals surface area contributed by atoms with E-state index in [2.05, 4.69) is 5.16 Å². The van der Waals surface area contributed by atoms with E-state index in [1.165, 1.54) is 12.1 Å². The lowest BCUT2D eigenvalue weighted by Crippen LogP contribution is -2.22. The summed E-state index contributed by atoms with van der Waals surface area (Å²) in [6.07, 6.45) is 0.249. The molecule has 0 aliphatic carbocycles. The minimum absolute atomic E-state index is 0.0163.